The predicted octanol–water partition coefficient (Wildman–Crippen LogP) is 1.44. The molecule has 0 N–H and O–H groups in total. The summed E-state index contributed by atoms with van der Waals surface area (Å²) < 4.78 is 16.9. The molecule has 1 aliphatic heterocycles. The highest BCUT2D eigenvalue weighted by Gasteiger charge is 2.21. The van der Waals surface area contributed by atoms with Crippen molar-refractivity contribution in [2.75, 3.05) is 38.2 Å². The van der Waals surface area contributed by atoms with E-state index < -0.39 is 10.8 Å². The van der Waals surface area contributed by atoms with Gasteiger partial charge in [0.15, 0.2) is 0 Å². The van der Waals surface area contributed by atoms with Crippen molar-refractivity contribution in [3.63, 3.8) is 0 Å². The van der Waals surface area contributed by atoms with Crippen molar-refractivity contribution >= 4 is 10.8 Å². The van der Waals surface area contributed by atoms with Crippen LogP contribution in [0, 0.1) is 0 Å². The van der Waals surface area contributed by atoms with Crippen LogP contribution in [0.2, 0.25) is 0 Å². The maximum absolute atomic E-state index is 11.1. The van der Waals surface area contributed by atoms with E-state index >= 15 is 0 Å². The normalized spacial score (nSPS) is 23.5. The zero-order valence-electron chi connectivity index (χ0n) is 10.2. The van der Waals surface area contributed by atoms with Gasteiger partial charge in [0.2, 0.25) is 0 Å². The number of morpholine rings is 1. The molecule has 2 unspecified atom stereocenters. The average Bonchev–Trinajstić information content (AvgIpc) is 2.38. The van der Waals surface area contributed by atoms with Gasteiger partial charge >= 0.3 is 0 Å². The Morgan fingerprint density at radius 2 is 2.18 bits per heavy atom. The second kappa shape index (κ2) is 6.28. The Morgan fingerprint density at radius 3 is 2.88 bits per heavy atom. The van der Waals surface area contributed by atoms with Gasteiger partial charge in [0.1, 0.15) is 0 Å². The Kier molecular flexibility index (Phi) is 4.71. The van der Waals surface area contributed by atoms with E-state index in [1.54, 1.807) is 6.26 Å². The van der Waals surface area contributed by atoms with Crippen molar-refractivity contribution < 1.29 is 8.95 Å². The first kappa shape index (κ1) is 12.7. The second-order valence-corrected chi connectivity index (χ2v) is 5.90. The fourth-order valence-electron chi connectivity index (χ4n) is 2.03. The van der Waals surface area contributed by atoms with Crippen LogP contribution in [0.5, 0.6) is 0 Å². The van der Waals surface area contributed by atoms with Crippen LogP contribution in [-0.4, -0.2) is 47.4 Å². The highest BCUT2D eigenvalue weighted by Crippen LogP contribution is 2.21. The van der Waals surface area contributed by atoms with E-state index in [0.717, 1.165) is 32.0 Å². The number of nitrogens with zero attached hydrogens (tertiary/aromatic N) is 1. The minimum atomic E-state index is -0.705. The van der Waals surface area contributed by atoms with Crippen LogP contribution in [0.15, 0.2) is 30.3 Å². The summed E-state index contributed by atoms with van der Waals surface area (Å²) in [7, 11) is -0.705. The van der Waals surface area contributed by atoms with Gasteiger partial charge in [0, 0.05) is 42.4 Å². The third kappa shape index (κ3) is 3.91. The Balaban J connectivity index is 1.91. The molecular weight excluding hydrogens is 234 g/mol. The Bertz CT molecular complexity index is 369. The molecule has 1 aromatic rings. The first-order valence-electron chi connectivity index (χ1n) is 5.94. The van der Waals surface area contributed by atoms with Gasteiger partial charge in [-0.25, -0.2) is 0 Å². The summed E-state index contributed by atoms with van der Waals surface area (Å²) in [6, 6.07) is 10.3. The number of rotatable bonds is 4. The molecule has 0 bridgehead atoms. The quantitative estimate of drug-likeness (QED) is 0.813. The first-order valence-corrected chi connectivity index (χ1v) is 7.67. The lowest BCUT2D eigenvalue weighted by Crippen LogP contribution is -2.40. The SMILES string of the molecule is CS(=O)CCN1CCOC(c2ccccc2)C1. The van der Waals surface area contributed by atoms with Gasteiger partial charge in [-0.2, -0.15) is 0 Å². The molecule has 1 fully saturated rings. The third-order valence-corrected chi connectivity index (χ3v) is 3.77. The highest BCUT2D eigenvalue weighted by atomic mass is 32.2. The molecule has 0 aliphatic carbocycles. The molecule has 0 saturated carbocycles. The van der Waals surface area contributed by atoms with Crippen LogP contribution in [-0.2, 0) is 15.5 Å². The second-order valence-electron chi connectivity index (χ2n) is 4.35. The molecule has 0 amide bonds. The number of hydrogen-bond acceptors (Lipinski definition) is 3. The van der Waals surface area contributed by atoms with E-state index in [0.29, 0.717) is 0 Å². The minimum Gasteiger partial charge on any atom is -0.371 e. The molecule has 94 valence electrons. The van der Waals surface area contributed by atoms with Crippen LogP contribution in [0.4, 0.5) is 0 Å². The summed E-state index contributed by atoms with van der Waals surface area (Å²) in [5, 5.41) is 0. The van der Waals surface area contributed by atoms with Gasteiger partial charge in [-0.15, -0.1) is 0 Å². The lowest BCUT2D eigenvalue weighted by atomic mass is 10.1. The highest BCUT2D eigenvalue weighted by molar-refractivity contribution is 7.84. The van der Waals surface area contributed by atoms with Crippen molar-refractivity contribution in [2.24, 2.45) is 0 Å². The molecule has 17 heavy (non-hydrogen) atoms. The monoisotopic (exact) mass is 253 g/mol. The van der Waals surface area contributed by atoms with E-state index in [1.165, 1.54) is 5.56 Å². The minimum absolute atomic E-state index is 0.162. The largest absolute Gasteiger partial charge is 0.371 e. The van der Waals surface area contributed by atoms with Crippen LogP contribution in [0.25, 0.3) is 0 Å². The number of hydrogen-bond donors (Lipinski definition) is 0. The zero-order valence-corrected chi connectivity index (χ0v) is 11.0. The van der Waals surface area contributed by atoms with Gasteiger partial charge in [-0.05, 0) is 5.56 Å². The standard InChI is InChI=1S/C13H19NO2S/c1-17(15)10-8-14-7-9-16-13(11-14)12-5-3-2-4-6-12/h2-6,13H,7-11H2,1H3. The predicted molar refractivity (Wildman–Crippen MR) is 70.5 cm³/mol. The molecule has 0 radical (unpaired) electrons. The van der Waals surface area contributed by atoms with E-state index in [1.807, 2.05) is 18.2 Å². The summed E-state index contributed by atoms with van der Waals surface area (Å²) in [4.78, 5) is 2.34. The van der Waals surface area contributed by atoms with Gasteiger partial charge in [0.05, 0.1) is 12.7 Å². The van der Waals surface area contributed by atoms with E-state index in [2.05, 4.69) is 17.0 Å². The summed E-state index contributed by atoms with van der Waals surface area (Å²) in [6.45, 7) is 3.51. The van der Waals surface area contributed by atoms with Gasteiger partial charge in [-0.3, -0.25) is 9.11 Å². The number of benzene rings is 1. The summed E-state index contributed by atoms with van der Waals surface area (Å²) in [6.07, 6.45) is 1.92. The van der Waals surface area contributed by atoms with E-state index in [-0.39, 0.29) is 6.10 Å². The first-order chi connectivity index (χ1) is 8.25. The van der Waals surface area contributed by atoms with E-state index in [9.17, 15) is 4.21 Å². The lowest BCUT2D eigenvalue weighted by molar-refractivity contribution is -0.0278. The fourth-order valence-corrected chi connectivity index (χ4v) is 2.55. The van der Waals surface area contributed by atoms with Crippen LogP contribution in [0.1, 0.15) is 11.7 Å². The van der Waals surface area contributed by atoms with Crippen molar-refractivity contribution in [3.8, 4) is 0 Å². The molecule has 2 rings (SSSR count). The maximum atomic E-state index is 11.1. The molecule has 1 heterocycles. The number of ether oxygens (including phenoxy) is 1. The molecule has 1 aliphatic rings. The van der Waals surface area contributed by atoms with Gasteiger partial charge in [-0.1, -0.05) is 30.3 Å². The van der Waals surface area contributed by atoms with Crippen molar-refractivity contribution in [3.05, 3.63) is 35.9 Å². The molecule has 0 aromatic heterocycles. The van der Waals surface area contributed by atoms with Crippen molar-refractivity contribution in [1.29, 1.82) is 0 Å². The Morgan fingerprint density at radius 1 is 1.41 bits per heavy atom. The van der Waals surface area contributed by atoms with Crippen LogP contribution < -0.4 is 0 Å². The Labute approximate surface area is 105 Å². The summed E-state index contributed by atoms with van der Waals surface area (Å²) in [5.41, 5.74) is 1.23. The molecule has 3 nitrogen and oxygen atoms in total. The zero-order chi connectivity index (χ0) is 12.1. The molecule has 2 atom stereocenters. The molecule has 0 spiro atoms. The van der Waals surface area contributed by atoms with Crippen molar-refractivity contribution in [2.45, 2.75) is 6.10 Å². The smallest absolute Gasteiger partial charge is 0.0952 e. The van der Waals surface area contributed by atoms with Crippen LogP contribution >= 0.6 is 0 Å². The Hall–Kier alpha value is -0.710. The van der Waals surface area contributed by atoms with Gasteiger partial charge in [0.25, 0.3) is 0 Å². The topological polar surface area (TPSA) is 29.5 Å². The summed E-state index contributed by atoms with van der Waals surface area (Å²) >= 11 is 0. The average molecular weight is 253 g/mol. The molecular formula is C13H19NO2S. The van der Waals surface area contributed by atoms with Crippen LogP contribution in [0.3, 0.4) is 0 Å². The lowest BCUT2D eigenvalue weighted by Gasteiger charge is -2.32. The fraction of sp³-hybridized carbons (Fsp3) is 0.538. The molecule has 1 saturated heterocycles. The third-order valence-electron chi connectivity index (χ3n) is 3.02. The maximum Gasteiger partial charge on any atom is 0.0952 e. The van der Waals surface area contributed by atoms with E-state index in [4.69, 9.17) is 4.74 Å². The summed E-state index contributed by atoms with van der Waals surface area (Å²) in [5.74, 6) is 0.751. The molecule has 1 aromatic carbocycles. The molecule has 4 heteroatoms. The van der Waals surface area contributed by atoms with Crippen molar-refractivity contribution in [1.82, 2.24) is 4.90 Å². The van der Waals surface area contributed by atoms with Gasteiger partial charge < -0.3 is 4.74 Å².